The monoisotopic (exact) mass is 389 g/mol. The first-order chi connectivity index (χ1) is 12.6. The van der Waals surface area contributed by atoms with Crippen molar-refractivity contribution in [3.8, 4) is 0 Å². The first kappa shape index (κ1) is 21.3. The molecule has 0 bridgehead atoms. The van der Waals surface area contributed by atoms with E-state index < -0.39 is 8.24 Å². The number of nitrogens with zero attached hydrogens (tertiary/aromatic N) is 1. The number of hydrogen-bond donors (Lipinski definition) is 2. The van der Waals surface area contributed by atoms with E-state index in [1.54, 1.807) is 11.1 Å². The maximum atomic E-state index is 3.55. The van der Waals surface area contributed by atoms with Crippen LogP contribution in [-0.2, 0) is 0 Å². The highest BCUT2D eigenvalue weighted by Crippen LogP contribution is 2.59. The lowest BCUT2D eigenvalue weighted by molar-refractivity contribution is 0.282. The molecule has 3 unspecified atom stereocenters. The van der Waals surface area contributed by atoms with Gasteiger partial charge in [0.25, 0.3) is 0 Å². The van der Waals surface area contributed by atoms with Crippen LogP contribution in [0.3, 0.4) is 0 Å². The molecule has 0 aromatic heterocycles. The quantitative estimate of drug-likeness (QED) is 0.647. The van der Waals surface area contributed by atoms with Gasteiger partial charge in [0, 0.05) is 20.0 Å². The lowest BCUT2D eigenvalue weighted by Gasteiger charge is -2.46. The second-order valence-corrected chi connectivity index (χ2v) is 15.3. The second-order valence-electron chi connectivity index (χ2n) is 10.7. The van der Waals surface area contributed by atoms with Crippen molar-refractivity contribution in [3.05, 3.63) is 23.3 Å². The molecule has 0 radical (unpaired) electrons. The third kappa shape index (κ3) is 4.01. The average Bonchev–Trinajstić information content (AvgIpc) is 3.02. The zero-order valence-corrected chi connectivity index (χ0v) is 20.0. The predicted molar refractivity (Wildman–Crippen MR) is 120 cm³/mol. The van der Waals surface area contributed by atoms with Crippen molar-refractivity contribution in [2.75, 3.05) is 20.0 Å². The van der Waals surface area contributed by atoms with Crippen LogP contribution in [0, 0.1) is 35.5 Å². The van der Waals surface area contributed by atoms with Gasteiger partial charge < -0.3 is 0 Å². The Balaban J connectivity index is 2.00. The summed E-state index contributed by atoms with van der Waals surface area (Å²) in [5, 5.41) is 7.09. The van der Waals surface area contributed by atoms with Gasteiger partial charge in [-0.25, -0.2) is 0 Å². The van der Waals surface area contributed by atoms with Crippen molar-refractivity contribution in [3.63, 3.8) is 0 Å². The molecule has 4 atom stereocenters. The van der Waals surface area contributed by atoms with Crippen LogP contribution >= 0.6 is 0 Å². The van der Waals surface area contributed by atoms with E-state index >= 15 is 0 Å². The Kier molecular flexibility index (Phi) is 6.41. The summed E-state index contributed by atoms with van der Waals surface area (Å²) in [4.78, 5) is 0. The molecular weight excluding hydrogens is 346 g/mol. The highest BCUT2D eigenvalue weighted by Gasteiger charge is 2.53. The van der Waals surface area contributed by atoms with Crippen molar-refractivity contribution in [2.45, 2.75) is 66.6 Å². The molecular formula is C23H43N3Si. The number of nitrogens with one attached hydrogen (secondary N) is 2. The van der Waals surface area contributed by atoms with E-state index in [1.807, 2.05) is 0 Å². The minimum absolute atomic E-state index is 0.626. The Morgan fingerprint density at radius 2 is 1.63 bits per heavy atom. The smallest absolute Gasteiger partial charge is 0.128 e. The fraction of sp³-hybridized carbons (Fsp3) is 0.826. The van der Waals surface area contributed by atoms with Crippen molar-refractivity contribution < 1.29 is 0 Å². The van der Waals surface area contributed by atoms with E-state index in [4.69, 9.17) is 0 Å². The van der Waals surface area contributed by atoms with Crippen LogP contribution in [-0.4, -0.2) is 32.8 Å². The zero-order chi connectivity index (χ0) is 19.9. The normalized spacial score (nSPS) is 32.9. The van der Waals surface area contributed by atoms with Gasteiger partial charge in [-0.2, -0.15) is 0 Å². The van der Waals surface area contributed by atoms with E-state index in [0.29, 0.717) is 11.8 Å². The Hall–Kier alpha value is -0.423. The number of fused-ring (bicyclic) bond motifs is 1. The predicted octanol–water partition coefficient (Wildman–Crippen LogP) is 5.02. The minimum Gasteiger partial charge on any atom is -0.299 e. The lowest BCUT2D eigenvalue weighted by atomic mass is 9.70. The van der Waals surface area contributed by atoms with Crippen LogP contribution < -0.4 is 10.6 Å². The molecule has 0 spiro atoms. The molecule has 1 saturated carbocycles. The lowest BCUT2D eigenvalue weighted by Crippen LogP contribution is -2.63. The standard InChI is InChI=1S/C23H43N3Si/c1-15(2)18-9-19(16(3)4)23-20(17(5)6)11-22(21(23)10-18)27(7,8)26-13-24-12-25-14-26/h9-10,15-17,20-25H,11-14H2,1-8H3/t20-,21?,22?,23?/m1/s1. The van der Waals surface area contributed by atoms with Crippen molar-refractivity contribution in [1.29, 1.82) is 0 Å². The molecule has 4 heteroatoms. The summed E-state index contributed by atoms with van der Waals surface area (Å²) in [6, 6.07) is 0. The molecule has 1 heterocycles. The Morgan fingerprint density at radius 3 is 2.15 bits per heavy atom. The topological polar surface area (TPSA) is 27.3 Å². The third-order valence-corrected chi connectivity index (χ3v) is 12.1. The van der Waals surface area contributed by atoms with Gasteiger partial charge in [-0.05, 0) is 53.0 Å². The fourth-order valence-electron chi connectivity index (χ4n) is 5.91. The first-order valence-electron chi connectivity index (χ1n) is 11.2. The minimum atomic E-state index is -1.56. The van der Waals surface area contributed by atoms with Crippen LogP contribution in [0.2, 0.25) is 18.6 Å². The van der Waals surface area contributed by atoms with E-state index in [0.717, 1.165) is 49.2 Å². The molecule has 1 saturated heterocycles. The highest BCUT2D eigenvalue weighted by molar-refractivity contribution is 6.76. The Morgan fingerprint density at radius 1 is 1.00 bits per heavy atom. The summed E-state index contributed by atoms with van der Waals surface area (Å²) in [6.07, 6.45) is 6.72. The van der Waals surface area contributed by atoms with Crippen LogP contribution in [0.15, 0.2) is 23.3 Å². The zero-order valence-electron chi connectivity index (χ0n) is 19.0. The van der Waals surface area contributed by atoms with Gasteiger partial charge in [0.2, 0.25) is 0 Å². The summed E-state index contributed by atoms with van der Waals surface area (Å²) in [6.45, 7) is 22.8. The summed E-state index contributed by atoms with van der Waals surface area (Å²) in [5.74, 6) is 4.37. The number of hydrogen-bond acceptors (Lipinski definition) is 3. The van der Waals surface area contributed by atoms with Gasteiger partial charge in [-0.1, -0.05) is 72.4 Å². The molecule has 3 rings (SSSR count). The average molecular weight is 390 g/mol. The van der Waals surface area contributed by atoms with E-state index in [9.17, 15) is 0 Å². The van der Waals surface area contributed by atoms with Crippen molar-refractivity contribution in [1.82, 2.24) is 15.2 Å². The van der Waals surface area contributed by atoms with Gasteiger partial charge in [0.15, 0.2) is 0 Å². The molecule has 154 valence electrons. The number of rotatable bonds is 5. The fourth-order valence-corrected chi connectivity index (χ4v) is 9.51. The second kappa shape index (κ2) is 8.14. The molecule has 3 aliphatic rings. The molecule has 27 heavy (non-hydrogen) atoms. The molecule has 0 amide bonds. The molecule has 2 fully saturated rings. The van der Waals surface area contributed by atoms with Gasteiger partial charge in [0.1, 0.15) is 8.24 Å². The van der Waals surface area contributed by atoms with Gasteiger partial charge in [-0.3, -0.25) is 15.2 Å². The SMILES string of the molecule is CC(C)C1=CC2C(C(C(C)C)=C1)[C@@H](C(C)C)CC2[Si](C)(C)N1CNCNC1. The molecule has 3 nitrogen and oxygen atoms in total. The molecule has 0 aromatic rings. The van der Waals surface area contributed by atoms with E-state index in [1.165, 1.54) is 6.42 Å². The van der Waals surface area contributed by atoms with Crippen molar-refractivity contribution >= 4 is 8.24 Å². The highest BCUT2D eigenvalue weighted by atomic mass is 28.3. The summed E-state index contributed by atoms with van der Waals surface area (Å²) >= 11 is 0. The first-order valence-corrected chi connectivity index (χ1v) is 14.3. The van der Waals surface area contributed by atoms with Crippen LogP contribution in [0.25, 0.3) is 0 Å². The summed E-state index contributed by atoms with van der Waals surface area (Å²) in [5.41, 5.74) is 4.17. The van der Waals surface area contributed by atoms with Crippen LogP contribution in [0.1, 0.15) is 48.0 Å². The van der Waals surface area contributed by atoms with Gasteiger partial charge in [-0.15, -0.1) is 0 Å². The van der Waals surface area contributed by atoms with E-state index in [-0.39, 0.29) is 0 Å². The van der Waals surface area contributed by atoms with E-state index in [2.05, 4.69) is 82.0 Å². The molecule has 1 aliphatic heterocycles. The third-order valence-electron chi connectivity index (χ3n) is 7.74. The summed E-state index contributed by atoms with van der Waals surface area (Å²) in [7, 11) is -1.56. The summed E-state index contributed by atoms with van der Waals surface area (Å²) < 4.78 is 2.76. The van der Waals surface area contributed by atoms with Crippen LogP contribution in [0.4, 0.5) is 0 Å². The molecule has 2 aliphatic carbocycles. The van der Waals surface area contributed by atoms with Gasteiger partial charge >= 0.3 is 0 Å². The van der Waals surface area contributed by atoms with Crippen molar-refractivity contribution in [2.24, 2.45) is 35.5 Å². The van der Waals surface area contributed by atoms with Gasteiger partial charge in [0.05, 0.1) is 0 Å². The molecule has 0 aromatic carbocycles. The van der Waals surface area contributed by atoms with Crippen LogP contribution in [0.5, 0.6) is 0 Å². The maximum absolute atomic E-state index is 3.55. The Labute approximate surface area is 169 Å². The number of allylic oxidation sites excluding steroid dienone is 4. The maximum Gasteiger partial charge on any atom is 0.128 e. The molecule has 2 N–H and O–H groups in total. The Bertz CT molecular complexity index is 584. The largest absolute Gasteiger partial charge is 0.299 e.